The number of carboxylic acids is 3. The molecule has 35 heteroatoms. The molecule has 1 saturated heterocycles. The quantitative estimate of drug-likeness (QED) is 0.0245. The zero-order chi connectivity index (χ0) is 82.8. The Bertz CT molecular complexity index is 2090. The summed E-state index contributed by atoms with van der Waals surface area (Å²) in [6.45, 7) is 21.4. The number of hydrogen-bond acceptors (Lipinski definition) is 30. The van der Waals surface area contributed by atoms with E-state index in [1.54, 1.807) is 0 Å². The normalized spacial score (nSPS) is 13.8. The number of nitrogens with one attached hydrogen (secondary N) is 2. The third-order valence-corrected chi connectivity index (χ3v) is 17.2. The SMILES string of the molecule is CCCCCCCCCCCC(CCCCCCCCCCC(=O)O)(C(=O)O)C(=O)NCCOCCOCCOCCOCCOCCOCCOCCOCCOCCOCCOCCOCCOCCOCCOCCOCCOCCOCCOCCOC(COCCOCCOCCOCCC(=O)O)OC1CCC(=O)N1. The van der Waals surface area contributed by atoms with E-state index < -0.39 is 41.7 Å². The lowest BCUT2D eigenvalue weighted by molar-refractivity contribution is -0.205. The molecule has 1 heterocycles. The van der Waals surface area contributed by atoms with Crippen LogP contribution >= 0.6 is 0 Å². The number of hydrogen-bond donors (Lipinski definition) is 5. The molecule has 3 atom stereocenters. The number of carboxylic acid groups (broad SMARTS) is 3. The van der Waals surface area contributed by atoms with Gasteiger partial charge in [-0.15, -0.1) is 0 Å². The molecular formula is C80H152N2O33. The molecule has 0 aromatic rings. The summed E-state index contributed by atoms with van der Waals surface area (Å²) in [5.74, 6) is -3.22. The molecule has 35 nitrogen and oxygen atoms in total. The molecule has 0 radical (unpaired) electrons. The van der Waals surface area contributed by atoms with E-state index in [9.17, 15) is 29.1 Å². The third-order valence-electron chi connectivity index (χ3n) is 17.2. The molecule has 1 aliphatic rings. The molecule has 5 N–H and O–H groups in total. The van der Waals surface area contributed by atoms with Crippen LogP contribution in [0.5, 0.6) is 0 Å². The van der Waals surface area contributed by atoms with Crippen molar-refractivity contribution < 1.29 is 158 Å². The molecule has 2 amide bonds. The van der Waals surface area contributed by atoms with E-state index in [0.717, 1.165) is 57.8 Å². The van der Waals surface area contributed by atoms with Gasteiger partial charge in [-0.3, -0.25) is 24.0 Å². The molecule has 1 rings (SSSR count). The largest absolute Gasteiger partial charge is 0.481 e. The average molecular weight is 1670 g/mol. The Morgan fingerprint density at radius 1 is 0.330 bits per heavy atom. The molecule has 1 aliphatic heterocycles. The lowest BCUT2D eigenvalue weighted by Gasteiger charge is -2.28. The Balaban J connectivity index is 1.79. The molecule has 0 aliphatic carbocycles. The van der Waals surface area contributed by atoms with E-state index in [-0.39, 0.29) is 51.7 Å². The van der Waals surface area contributed by atoms with Crippen molar-refractivity contribution in [3.63, 3.8) is 0 Å². The molecule has 0 aromatic carbocycles. The van der Waals surface area contributed by atoms with Crippen molar-refractivity contribution in [2.75, 3.05) is 317 Å². The van der Waals surface area contributed by atoms with Gasteiger partial charge in [0.2, 0.25) is 11.8 Å². The number of ether oxygens (including phenoxy) is 25. The van der Waals surface area contributed by atoms with Crippen molar-refractivity contribution >= 4 is 29.7 Å². The average Bonchev–Trinajstić information content (AvgIpc) is 1.27. The molecular weight excluding hydrogens is 1520 g/mol. The van der Waals surface area contributed by atoms with Gasteiger partial charge in [-0.25, -0.2) is 0 Å². The van der Waals surface area contributed by atoms with Crippen LogP contribution in [0.15, 0.2) is 0 Å². The summed E-state index contributed by atoms with van der Waals surface area (Å²) in [7, 11) is 0. The maximum absolute atomic E-state index is 13.6. The van der Waals surface area contributed by atoms with E-state index in [2.05, 4.69) is 17.6 Å². The smallest absolute Gasteiger partial charge is 0.319 e. The van der Waals surface area contributed by atoms with Crippen LogP contribution in [0, 0.1) is 5.41 Å². The van der Waals surface area contributed by atoms with Crippen molar-refractivity contribution in [3.8, 4) is 0 Å². The second kappa shape index (κ2) is 89.6. The minimum atomic E-state index is -1.46. The lowest BCUT2D eigenvalue weighted by Crippen LogP contribution is -2.47. The van der Waals surface area contributed by atoms with Gasteiger partial charge < -0.3 is 144 Å². The first-order valence-corrected chi connectivity index (χ1v) is 42.4. The summed E-state index contributed by atoms with van der Waals surface area (Å²) in [6, 6.07) is 0. The van der Waals surface area contributed by atoms with Gasteiger partial charge in [0.15, 0.2) is 6.29 Å². The molecule has 0 bridgehead atoms. The van der Waals surface area contributed by atoms with Gasteiger partial charge in [-0.2, -0.15) is 0 Å². The summed E-state index contributed by atoms with van der Waals surface area (Å²) in [5.41, 5.74) is -1.46. The zero-order valence-electron chi connectivity index (χ0n) is 69.9. The number of rotatable bonds is 100. The van der Waals surface area contributed by atoms with Crippen LogP contribution in [0.3, 0.4) is 0 Å². The standard InChI is InChI=1S/C80H152N2O33/c1-2-3-4-5-6-8-11-14-17-23-80(79(89)90,24-18-15-12-9-7-10-13-16-19-75(84)85)78(88)81-25-27-92-29-31-94-32-33-95-34-35-96-36-37-97-38-39-98-40-41-99-42-43-100-44-45-101-46-47-102-48-49-103-50-51-104-52-53-105-54-55-106-56-57-107-58-59-108-60-61-109-62-63-110-66-67-112-70-71-114-77(115-74-21-20-73(83)82-74)72-113-69-68-111-65-64-93-30-28-91-26-22-76(86)87/h74,77H,2-72H2,1H3,(H,81,88)(H,82,83)(H,84,85)(H,86,87)(H,89,90). The lowest BCUT2D eigenvalue weighted by atomic mass is 9.76. The Hall–Kier alpha value is -3.65. The highest BCUT2D eigenvalue weighted by atomic mass is 16.7. The van der Waals surface area contributed by atoms with Crippen LogP contribution in [-0.2, 0) is 142 Å². The minimum Gasteiger partial charge on any atom is -0.481 e. The van der Waals surface area contributed by atoms with Gasteiger partial charge in [0.25, 0.3) is 0 Å². The fraction of sp³-hybridized carbons (Fsp3) is 0.938. The van der Waals surface area contributed by atoms with Crippen molar-refractivity contribution in [2.24, 2.45) is 5.41 Å². The summed E-state index contributed by atoms with van der Waals surface area (Å²) >= 11 is 0. The molecule has 0 spiro atoms. The molecule has 1 fully saturated rings. The Labute approximate surface area is 685 Å². The van der Waals surface area contributed by atoms with Gasteiger partial charge in [-0.1, -0.05) is 110 Å². The van der Waals surface area contributed by atoms with Gasteiger partial charge in [0, 0.05) is 25.8 Å². The molecule has 3 unspecified atom stereocenters. The van der Waals surface area contributed by atoms with Gasteiger partial charge in [0.05, 0.1) is 317 Å². The number of unbranched alkanes of at least 4 members (excludes halogenated alkanes) is 15. The monoisotopic (exact) mass is 1670 g/mol. The van der Waals surface area contributed by atoms with Crippen LogP contribution in [0.2, 0.25) is 0 Å². The zero-order valence-corrected chi connectivity index (χ0v) is 69.9. The summed E-state index contributed by atoms with van der Waals surface area (Å²) in [6.07, 6.45) is 17.7. The van der Waals surface area contributed by atoms with Crippen LogP contribution in [0.25, 0.3) is 0 Å². The van der Waals surface area contributed by atoms with Crippen molar-refractivity contribution in [3.05, 3.63) is 0 Å². The van der Waals surface area contributed by atoms with E-state index in [1.165, 1.54) is 32.1 Å². The topological polar surface area (TPSA) is 401 Å². The molecule has 680 valence electrons. The molecule has 0 saturated carbocycles. The van der Waals surface area contributed by atoms with Gasteiger partial charge >= 0.3 is 17.9 Å². The molecule has 0 aromatic heterocycles. The predicted molar refractivity (Wildman–Crippen MR) is 422 cm³/mol. The van der Waals surface area contributed by atoms with Crippen LogP contribution in [-0.4, -0.2) is 375 Å². The van der Waals surface area contributed by atoms with Crippen LogP contribution < -0.4 is 10.6 Å². The summed E-state index contributed by atoms with van der Waals surface area (Å²) in [4.78, 5) is 59.2. The first-order valence-electron chi connectivity index (χ1n) is 42.4. The fourth-order valence-corrected chi connectivity index (χ4v) is 10.9. The number of amides is 2. The van der Waals surface area contributed by atoms with Crippen LogP contribution in [0.4, 0.5) is 0 Å². The number of carbonyl (C=O) groups excluding carboxylic acids is 2. The highest BCUT2D eigenvalue weighted by Crippen LogP contribution is 2.33. The highest BCUT2D eigenvalue weighted by molar-refractivity contribution is 6.01. The Kier molecular flexibility index (Phi) is 85.2. The summed E-state index contributed by atoms with van der Waals surface area (Å²) in [5, 5.41) is 33.5. The second-order valence-corrected chi connectivity index (χ2v) is 26.7. The van der Waals surface area contributed by atoms with Crippen LogP contribution in [0.1, 0.15) is 155 Å². The number of aliphatic carboxylic acids is 3. The Morgan fingerprint density at radius 3 is 0.852 bits per heavy atom. The predicted octanol–water partition coefficient (Wildman–Crippen LogP) is 6.53. The highest BCUT2D eigenvalue weighted by Gasteiger charge is 2.45. The van der Waals surface area contributed by atoms with Gasteiger partial charge in [-0.05, 0) is 19.3 Å². The maximum atomic E-state index is 13.6. The summed E-state index contributed by atoms with van der Waals surface area (Å²) < 4.78 is 139. The minimum absolute atomic E-state index is 0.0399. The van der Waals surface area contributed by atoms with Gasteiger partial charge in [0.1, 0.15) is 11.6 Å². The van der Waals surface area contributed by atoms with E-state index in [1.807, 2.05) is 0 Å². The van der Waals surface area contributed by atoms with E-state index in [4.69, 9.17) is 129 Å². The Morgan fingerprint density at radius 2 is 0.583 bits per heavy atom. The van der Waals surface area contributed by atoms with E-state index >= 15 is 0 Å². The second-order valence-electron chi connectivity index (χ2n) is 26.7. The van der Waals surface area contributed by atoms with E-state index in [0.29, 0.717) is 329 Å². The van der Waals surface area contributed by atoms with Crippen molar-refractivity contribution in [1.82, 2.24) is 10.6 Å². The molecule has 115 heavy (non-hydrogen) atoms. The first kappa shape index (κ1) is 109. The number of carbonyl (C=O) groups is 5. The maximum Gasteiger partial charge on any atom is 0.319 e. The fourth-order valence-electron chi connectivity index (χ4n) is 10.9. The van der Waals surface area contributed by atoms with Crippen molar-refractivity contribution in [2.45, 2.75) is 167 Å². The van der Waals surface area contributed by atoms with Crippen molar-refractivity contribution in [1.29, 1.82) is 0 Å². The first-order chi connectivity index (χ1) is 56.6. The third kappa shape index (κ3) is 79.9.